The Morgan fingerprint density at radius 2 is 1.94 bits per heavy atom. The molecule has 6 rings (SSSR count). The maximum absolute atomic E-state index is 9.99. The number of benzene rings is 1. The van der Waals surface area contributed by atoms with Crippen molar-refractivity contribution in [2.24, 2.45) is 5.73 Å². The lowest BCUT2D eigenvalue weighted by atomic mass is 9.83. The minimum Gasteiger partial charge on any atom is -0.422 e. The number of pyridine rings is 1. The Morgan fingerprint density at radius 1 is 1.09 bits per heavy atom. The number of nitrogens with two attached hydrogens (primary N) is 1. The Kier molecular flexibility index (Phi) is 4.08. The lowest BCUT2D eigenvalue weighted by Crippen LogP contribution is -2.22. The van der Waals surface area contributed by atoms with Crippen LogP contribution in [-0.4, -0.2) is 24.3 Å². The Labute approximate surface area is 184 Å². The van der Waals surface area contributed by atoms with E-state index in [4.69, 9.17) is 15.6 Å². The van der Waals surface area contributed by atoms with E-state index in [9.17, 15) is 5.26 Å². The average molecular weight is 421 g/mol. The summed E-state index contributed by atoms with van der Waals surface area (Å²) in [6.07, 6.45) is 9.20. The number of aromatic nitrogens is 5. The van der Waals surface area contributed by atoms with E-state index in [-0.39, 0.29) is 11.9 Å². The molecule has 0 amide bonds. The van der Waals surface area contributed by atoms with Crippen LogP contribution in [0.1, 0.15) is 35.9 Å². The van der Waals surface area contributed by atoms with Crippen LogP contribution in [0.25, 0.3) is 17.1 Å². The lowest BCUT2D eigenvalue weighted by molar-refractivity contribution is 0.347. The van der Waals surface area contributed by atoms with Gasteiger partial charge in [-0.15, -0.1) is 0 Å². The predicted molar refractivity (Wildman–Crippen MR) is 117 cm³/mol. The van der Waals surface area contributed by atoms with Gasteiger partial charge in [-0.1, -0.05) is 18.2 Å². The van der Waals surface area contributed by atoms with E-state index in [2.05, 4.69) is 16.0 Å². The third kappa shape index (κ3) is 2.87. The quantitative estimate of drug-likeness (QED) is 0.539. The van der Waals surface area contributed by atoms with Gasteiger partial charge in [-0.3, -0.25) is 4.98 Å². The van der Waals surface area contributed by atoms with Crippen LogP contribution < -0.4 is 10.5 Å². The maximum atomic E-state index is 9.99. The van der Waals surface area contributed by atoms with E-state index in [1.807, 2.05) is 57.9 Å². The van der Waals surface area contributed by atoms with Gasteiger partial charge >= 0.3 is 0 Å². The van der Waals surface area contributed by atoms with Gasteiger partial charge in [0, 0.05) is 24.3 Å². The molecule has 0 radical (unpaired) electrons. The van der Waals surface area contributed by atoms with E-state index in [1.54, 1.807) is 18.7 Å². The molecule has 1 saturated carbocycles. The van der Waals surface area contributed by atoms with Crippen molar-refractivity contribution in [3.8, 4) is 29.0 Å². The van der Waals surface area contributed by atoms with Gasteiger partial charge in [-0.2, -0.15) is 10.4 Å². The van der Waals surface area contributed by atoms with Crippen molar-refractivity contribution >= 4 is 0 Å². The Hall–Kier alpha value is -4.38. The molecule has 8 heteroatoms. The minimum atomic E-state index is -0.398. The van der Waals surface area contributed by atoms with Crippen molar-refractivity contribution in [1.29, 1.82) is 5.26 Å². The monoisotopic (exact) mass is 421 g/mol. The third-order valence-corrected chi connectivity index (χ3v) is 5.90. The number of fused-ring (bicyclic) bond motifs is 1. The van der Waals surface area contributed by atoms with Crippen molar-refractivity contribution in [2.45, 2.75) is 24.8 Å². The van der Waals surface area contributed by atoms with E-state index >= 15 is 0 Å². The first-order valence-corrected chi connectivity index (χ1v) is 10.4. The van der Waals surface area contributed by atoms with Crippen molar-refractivity contribution in [3.05, 3.63) is 90.0 Å². The summed E-state index contributed by atoms with van der Waals surface area (Å²) in [6, 6.07) is 16.3. The summed E-state index contributed by atoms with van der Waals surface area (Å²) in [5.41, 5.74) is 10.8. The molecule has 4 heterocycles. The van der Waals surface area contributed by atoms with E-state index in [0.29, 0.717) is 11.5 Å². The van der Waals surface area contributed by atoms with Gasteiger partial charge in [0.25, 0.3) is 0 Å². The second kappa shape index (κ2) is 7.10. The molecule has 1 aromatic carbocycles. The number of ether oxygens (including phenoxy) is 1. The fraction of sp³-hybridized carbons (Fsp3) is 0.167. The number of nitrogens with zero attached hydrogens (tertiary/aromatic N) is 6. The molecule has 156 valence electrons. The number of imidazole rings is 1. The van der Waals surface area contributed by atoms with Gasteiger partial charge in [0.05, 0.1) is 29.5 Å². The smallest absolute Gasteiger partial charge is 0.225 e. The molecule has 4 aromatic rings. The van der Waals surface area contributed by atoms with Crippen LogP contribution in [0.2, 0.25) is 0 Å². The first kappa shape index (κ1) is 18.4. The molecule has 8 nitrogen and oxygen atoms in total. The Balaban J connectivity index is 1.55. The second-order valence-electron chi connectivity index (χ2n) is 7.94. The summed E-state index contributed by atoms with van der Waals surface area (Å²) in [5.74, 6) is 0.330. The third-order valence-electron chi connectivity index (χ3n) is 5.90. The van der Waals surface area contributed by atoms with Crippen LogP contribution in [0.4, 0.5) is 0 Å². The molecule has 0 saturated heterocycles. The summed E-state index contributed by atoms with van der Waals surface area (Å²) in [4.78, 5) is 8.63. The van der Waals surface area contributed by atoms with Gasteiger partial charge in [0.15, 0.2) is 0 Å². The molecule has 2 N–H and O–H groups in total. The van der Waals surface area contributed by atoms with E-state index in [0.717, 1.165) is 41.0 Å². The number of rotatable bonds is 4. The van der Waals surface area contributed by atoms with Gasteiger partial charge < -0.3 is 15.0 Å². The average Bonchev–Trinajstić information content (AvgIpc) is 3.39. The fourth-order valence-electron chi connectivity index (χ4n) is 4.20. The van der Waals surface area contributed by atoms with Crippen LogP contribution >= 0.6 is 0 Å². The summed E-state index contributed by atoms with van der Waals surface area (Å²) in [7, 11) is 0. The number of hydrogen-bond donors (Lipinski definition) is 1. The fourth-order valence-corrected chi connectivity index (χ4v) is 4.20. The highest BCUT2D eigenvalue weighted by Crippen LogP contribution is 2.50. The van der Waals surface area contributed by atoms with Crippen molar-refractivity contribution in [1.82, 2.24) is 24.3 Å². The number of allylic oxidation sites excluding steroid dienone is 1. The highest BCUT2D eigenvalue weighted by atomic mass is 16.5. The highest BCUT2D eigenvalue weighted by molar-refractivity contribution is 5.69. The molecule has 1 fully saturated rings. The van der Waals surface area contributed by atoms with Gasteiger partial charge in [-0.25, -0.2) is 9.67 Å². The minimum absolute atomic E-state index is 0.123. The Morgan fingerprint density at radius 3 is 2.59 bits per heavy atom. The summed E-state index contributed by atoms with van der Waals surface area (Å²) in [6.45, 7) is 0. The summed E-state index contributed by atoms with van der Waals surface area (Å²) in [5, 5.41) is 14.9. The zero-order valence-corrected chi connectivity index (χ0v) is 17.1. The lowest BCUT2D eigenvalue weighted by Gasteiger charge is -2.25. The zero-order valence-electron chi connectivity index (χ0n) is 17.1. The van der Waals surface area contributed by atoms with Gasteiger partial charge in [0.1, 0.15) is 17.3 Å². The van der Waals surface area contributed by atoms with Crippen LogP contribution in [0, 0.1) is 11.3 Å². The molecule has 3 aromatic heterocycles. The molecule has 32 heavy (non-hydrogen) atoms. The summed E-state index contributed by atoms with van der Waals surface area (Å²) < 4.78 is 9.84. The van der Waals surface area contributed by atoms with Crippen LogP contribution in [0.15, 0.2) is 78.8 Å². The molecular weight excluding hydrogens is 402 g/mol. The zero-order chi connectivity index (χ0) is 21.7. The SMILES string of the molecule is N#CC1=C(N)Oc2c(c(-c3ccccn3)nn2C2CC2)C1c1ccc(-n2ccnc2)cc1. The number of nitriles is 1. The molecular formula is C24H19N7O. The number of hydrogen-bond acceptors (Lipinski definition) is 6. The molecule has 1 aliphatic carbocycles. The van der Waals surface area contributed by atoms with Crippen molar-refractivity contribution in [2.75, 3.05) is 0 Å². The molecule has 0 spiro atoms. The van der Waals surface area contributed by atoms with Crippen molar-refractivity contribution < 1.29 is 4.74 Å². The van der Waals surface area contributed by atoms with Crippen LogP contribution in [-0.2, 0) is 0 Å². The van der Waals surface area contributed by atoms with Gasteiger partial charge in [0.2, 0.25) is 11.8 Å². The van der Waals surface area contributed by atoms with E-state index < -0.39 is 5.92 Å². The second-order valence-corrected chi connectivity index (χ2v) is 7.94. The van der Waals surface area contributed by atoms with Crippen LogP contribution in [0.5, 0.6) is 5.88 Å². The first-order chi connectivity index (χ1) is 15.7. The molecule has 1 atom stereocenters. The Bertz CT molecular complexity index is 1360. The summed E-state index contributed by atoms with van der Waals surface area (Å²) >= 11 is 0. The molecule has 1 aliphatic heterocycles. The molecule has 2 aliphatic rings. The topological polar surface area (TPSA) is 108 Å². The maximum Gasteiger partial charge on any atom is 0.225 e. The van der Waals surface area contributed by atoms with Gasteiger partial charge in [-0.05, 0) is 42.7 Å². The first-order valence-electron chi connectivity index (χ1n) is 10.4. The van der Waals surface area contributed by atoms with E-state index in [1.165, 1.54) is 0 Å². The molecule has 1 unspecified atom stereocenters. The largest absolute Gasteiger partial charge is 0.422 e. The molecule has 0 bridgehead atoms. The van der Waals surface area contributed by atoms with Crippen molar-refractivity contribution in [3.63, 3.8) is 0 Å². The standard InChI is InChI=1S/C24H19N7O/c25-13-18-20(15-4-6-16(7-5-15)30-12-11-27-14-30)21-22(19-3-1-2-10-28-19)29-31(17-8-9-17)24(21)32-23(18)26/h1-7,10-12,14,17,20H,8-9,26H2. The predicted octanol–water partition coefficient (Wildman–Crippen LogP) is 3.68. The normalized spacial score (nSPS) is 17.5. The van der Waals surface area contributed by atoms with Crippen LogP contribution in [0.3, 0.4) is 0 Å². The highest BCUT2D eigenvalue weighted by Gasteiger charge is 2.40.